The van der Waals surface area contributed by atoms with Gasteiger partial charge in [-0.3, -0.25) is 0 Å². The van der Waals surface area contributed by atoms with Crippen LogP contribution in [-0.4, -0.2) is 12.5 Å². The van der Waals surface area contributed by atoms with Gasteiger partial charge in [0, 0.05) is 6.54 Å². The summed E-state index contributed by atoms with van der Waals surface area (Å²) in [6, 6.07) is 6.21. The van der Waals surface area contributed by atoms with Crippen LogP contribution in [0.3, 0.4) is 0 Å². The lowest BCUT2D eigenvalue weighted by molar-refractivity contribution is 0.397. The minimum absolute atomic E-state index is 0.576. The summed E-state index contributed by atoms with van der Waals surface area (Å²) < 4.78 is 5.42. The maximum Gasteiger partial charge on any atom is 0.138 e. The molecule has 2 rings (SSSR count). The monoisotopic (exact) mass is 193 g/mol. The van der Waals surface area contributed by atoms with Gasteiger partial charge in [-0.25, -0.2) is 0 Å². The summed E-state index contributed by atoms with van der Waals surface area (Å²) in [6.07, 6.45) is 3.94. The molecule has 1 aliphatic heterocycles. The van der Waals surface area contributed by atoms with Gasteiger partial charge in [0.15, 0.2) is 0 Å². The molecule has 3 heteroatoms. The van der Waals surface area contributed by atoms with Gasteiger partial charge in [-0.05, 0) is 17.7 Å². The standard InChI is InChI=1S/C10H11NOS/c11-5-1-2-8-3-4-10-9(6-8)12-7-13-10/h1-4,6H,5,7,11H2/b2-1+. The van der Waals surface area contributed by atoms with E-state index >= 15 is 0 Å². The van der Waals surface area contributed by atoms with E-state index in [-0.39, 0.29) is 0 Å². The quantitative estimate of drug-likeness (QED) is 0.781. The first-order valence-electron chi connectivity index (χ1n) is 4.16. The van der Waals surface area contributed by atoms with Crippen LogP contribution in [0.5, 0.6) is 5.75 Å². The van der Waals surface area contributed by atoms with Gasteiger partial charge in [-0.15, -0.1) is 0 Å². The molecule has 1 heterocycles. The number of rotatable bonds is 2. The lowest BCUT2D eigenvalue weighted by Crippen LogP contribution is -1.91. The van der Waals surface area contributed by atoms with E-state index in [2.05, 4.69) is 12.1 Å². The molecule has 2 N–H and O–H groups in total. The fourth-order valence-corrected chi connectivity index (χ4v) is 1.96. The molecule has 1 aliphatic rings. The Morgan fingerprint density at radius 3 is 3.31 bits per heavy atom. The fourth-order valence-electron chi connectivity index (χ4n) is 1.22. The molecule has 13 heavy (non-hydrogen) atoms. The van der Waals surface area contributed by atoms with Crippen LogP contribution in [0.4, 0.5) is 0 Å². The summed E-state index contributed by atoms with van der Waals surface area (Å²) in [6.45, 7) is 0.576. The van der Waals surface area contributed by atoms with Crippen LogP contribution < -0.4 is 10.5 Å². The van der Waals surface area contributed by atoms with Crippen molar-refractivity contribution >= 4 is 17.8 Å². The largest absolute Gasteiger partial charge is 0.481 e. The highest BCUT2D eigenvalue weighted by atomic mass is 32.2. The second-order valence-corrected chi connectivity index (χ2v) is 3.71. The molecule has 1 aromatic rings. The first-order chi connectivity index (χ1) is 6.40. The van der Waals surface area contributed by atoms with Gasteiger partial charge in [-0.2, -0.15) is 0 Å². The van der Waals surface area contributed by atoms with Crippen molar-refractivity contribution in [1.29, 1.82) is 0 Å². The molecule has 0 unspecified atom stereocenters. The third kappa shape index (κ3) is 1.87. The Kier molecular flexibility index (Phi) is 2.57. The van der Waals surface area contributed by atoms with E-state index in [9.17, 15) is 0 Å². The number of thioether (sulfide) groups is 1. The molecule has 0 fully saturated rings. The number of hydrogen-bond donors (Lipinski definition) is 1. The number of hydrogen-bond acceptors (Lipinski definition) is 3. The van der Waals surface area contributed by atoms with E-state index in [1.54, 1.807) is 11.8 Å². The molecule has 0 saturated carbocycles. The van der Waals surface area contributed by atoms with Crippen LogP contribution >= 0.6 is 11.8 Å². The van der Waals surface area contributed by atoms with Crippen molar-refractivity contribution in [3.8, 4) is 5.75 Å². The Hall–Kier alpha value is -0.930. The number of nitrogens with two attached hydrogens (primary N) is 1. The number of benzene rings is 1. The Balaban J connectivity index is 2.25. The van der Waals surface area contributed by atoms with Crippen LogP contribution in [0.1, 0.15) is 5.56 Å². The van der Waals surface area contributed by atoms with Crippen LogP contribution in [0.25, 0.3) is 6.08 Å². The molecular weight excluding hydrogens is 182 g/mol. The van der Waals surface area contributed by atoms with Crippen molar-refractivity contribution in [2.24, 2.45) is 5.73 Å². The third-order valence-corrected chi connectivity index (χ3v) is 2.73. The van der Waals surface area contributed by atoms with Crippen molar-refractivity contribution in [2.75, 3.05) is 12.5 Å². The van der Waals surface area contributed by atoms with E-state index in [4.69, 9.17) is 10.5 Å². The lowest BCUT2D eigenvalue weighted by atomic mass is 10.2. The summed E-state index contributed by atoms with van der Waals surface area (Å²) >= 11 is 1.73. The summed E-state index contributed by atoms with van der Waals surface area (Å²) in [5.41, 5.74) is 6.51. The highest BCUT2D eigenvalue weighted by Crippen LogP contribution is 2.36. The smallest absolute Gasteiger partial charge is 0.138 e. The van der Waals surface area contributed by atoms with Crippen molar-refractivity contribution in [3.63, 3.8) is 0 Å². The molecule has 68 valence electrons. The van der Waals surface area contributed by atoms with Crippen LogP contribution in [-0.2, 0) is 0 Å². The minimum Gasteiger partial charge on any atom is -0.481 e. The topological polar surface area (TPSA) is 35.2 Å². The highest BCUT2D eigenvalue weighted by Gasteiger charge is 2.11. The molecular formula is C10H11NOS. The molecule has 0 atom stereocenters. The van der Waals surface area contributed by atoms with Gasteiger partial charge >= 0.3 is 0 Å². The third-order valence-electron chi connectivity index (χ3n) is 1.84. The predicted molar refractivity (Wildman–Crippen MR) is 55.9 cm³/mol. The maximum atomic E-state index is 5.42. The van der Waals surface area contributed by atoms with E-state index in [0.29, 0.717) is 6.54 Å². The molecule has 0 bridgehead atoms. The van der Waals surface area contributed by atoms with Crippen LogP contribution in [0, 0.1) is 0 Å². The lowest BCUT2D eigenvalue weighted by Gasteiger charge is -1.98. The SMILES string of the molecule is NC/C=C/c1ccc2c(c1)OCS2. The number of fused-ring (bicyclic) bond motifs is 1. The average Bonchev–Trinajstić information content (AvgIpc) is 2.61. The Bertz CT molecular complexity index is 336. The van der Waals surface area contributed by atoms with Crippen molar-refractivity contribution in [2.45, 2.75) is 4.90 Å². The van der Waals surface area contributed by atoms with Gasteiger partial charge in [0.25, 0.3) is 0 Å². The second-order valence-electron chi connectivity index (χ2n) is 2.75. The molecule has 0 radical (unpaired) electrons. The van der Waals surface area contributed by atoms with Crippen molar-refractivity contribution in [1.82, 2.24) is 0 Å². The second kappa shape index (κ2) is 3.85. The molecule has 0 aliphatic carbocycles. The van der Waals surface area contributed by atoms with Crippen molar-refractivity contribution in [3.05, 3.63) is 29.8 Å². The van der Waals surface area contributed by atoms with E-state index in [1.807, 2.05) is 18.2 Å². The Morgan fingerprint density at radius 2 is 2.46 bits per heavy atom. The average molecular weight is 193 g/mol. The van der Waals surface area contributed by atoms with E-state index < -0.39 is 0 Å². The summed E-state index contributed by atoms with van der Waals surface area (Å²) in [7, 11) is 0. The summed E-state index contributed by atoms with van der Waals surface area (Å²) in [4.78, 5) is 1.23. The van der Waals surface area contributed by atoms with Crippen molar-refractivity contribution < 1.29 is 4.74 Å². The highest BCUT2D eigenvalue weighted by molar-refractivity contribution is 7.99. The Labute approximate surface area is 81.8 Å². The number of ether oxygens (including phenoxy) is 1. The molecule has 2 nitrogen and oxygen atoms in total. The van der Waals surface area contributed by atoms with Crippen LogP contribution in [0.15, 0.2) is 29.2 Å². The van der Waals surface area contributed by atoms with Crippen LogP contribution in [0.2, 0.25) is 0 Å². The maximum absolute atomic E-state index is 5.42. The zero-order valence-electron chi connectivity index (χ0n) is 7.19. The predicted octanol–water partition coefficient (Wildman–Crippen LogP) is 2.10. The van der Waals surface area contributed by atoms with Gasteiger partial charge in [-0.1, -0.05) is 30.0 Å². The van der Waals surface area contributed by atoms with E-state index in [1.165, 1.54) is 4.90 Å². The summed E-state index contributed by atoms with van der Waals surface area (Å²) in [5.74, 6) is 1.73. The zero-order valence-corrected chi connectivity index (χ0v) is 8.01. The summed E-state index contributed by atoms with van der Waals surface area (Å²) in [5, 5.41) is 0. The van der Waals surface area contributed by atoms with Gasteiger partial charge in [0.2, 0.25) is 0 Å². The molecule has 0 aromatic heterocycles. The molecule has 0 amide bonds. The first-order valence-corrected chi connectivity index (χ1v) is 5.15. The van der Waals surface area contributed by atoms with Gasteiger partial charge < -0.3 is 10.5 Å². The minimum atomic E-state index is 0.576. The van der Waals surface area contributed by atoms with E-state index in [0.717, 1.165) is 17.3 Å². The normalized spacial score (nSPS) is 14.5. The Morgan fingerprint density at radius 1 is 1.54 bits per heavy atom. The fraction of sp³-hybridized carbons (Fsp3) is 0.200. The molecule has 0 spiro atoms. The first kappa shape index (κ1) is 8.66. The molecule has 0 saturated heterocycles. The van der Waals surface area contributed by atoms with Gasteiger partial charge in [0.05, 0.1) is 4.90 Å². The van der Waals surface area contributed by atoms with Gasteiger partial charge in [0.1, 0.15) is 11.7 Å². The zero-order chi connectivity index (χ0) is 9.10. The molecule has 1 aromatic carbocycles.